The number of hydrogen-bond acceptors (Lipinski definition) is 7. The van der Waals surface area contributed by atoms with Gasteiger partial charge in [0.1, 0.15) is 22.3 Å². The summed E-state index contributed by atoms with van der Waals surface area (Å²) in [6.07, 6.45) is 0. The minimum Gasteiger partial charge on any atom is -0.455 e. The molecule has 21 aromatic rings. The van der Waals surface area contributed by atoms with Crippen LogP contribution in [0.5, 0.6) is 0 Å². The molecule has 18 aromatic carbocycles. The maximum Gasteiger partial charge on any atom is 0.143 e. The van der Waals surface area contributed by atoms with Gasteiger partial charge in [-0.3, -0.25) is 0 Å². The largest absolute Gasteiger partial charge is 0.455 e. The Bertz CT molecular complexity index is 6980. The van der Waals surface area contributed by atoms with Crippen molar-refractivity contribution in [3.63, 3.8) is 0 Å². The molecule has 0 aliphatic rings. The highest BCUT2D eigenvalue weighted by Crippen LogP contribution is 2.47. The summed E-state index contributed by atoms with van der Waals surface area (Å²) in [4.78, 5) is 11.7. The first kappa shape index (κ1) is 68.4. The Kier molecular flexibility index (Phi) is 17.4. The number of hydrogen-bond donors (Lipinski definition) is 0. The molecule has 0 amide bonds. The van der Waals surface area contributed by atoms with Gasteiger partial charge in [-0.2, -0.15) is 0 Å². The lowest BCUT2D eigenvalue weighted by Gasteiger charge is -2.29. The Balaban J connectivity index is 0.623. The van der Waals surface area contributed by atoms with E-state index < -0.39 is 0 Å². The summed E-state index contributed by atoms with van der Waals surface area (Å²) >= 11 is 0. The number of benzene rings is 18. The topological polar surface area (TPSA) is 47.4 Å². The van der Waals surface area contributed by atoms with Crippen molar-refractivity contribution in [1.29, 1.82) is 0 Å². The molecule has 0 fully saturated rings. The van der Waals surface area contributed by atoms with Gasteiger partial charge in [-0.15, -0.1) is 0 Å². The molecular weight excluding hydrogens is 1410 g/mol. The fourth-order valence-electron chi connectivity index (χ4n) is 16.9. The molecule has 0 N–H and O–H groups in total. The second-order valence-corrected chi connectivity index (χ2v) is 29.2. The third kappa shape index (κ3) is 12.6. The fourth-order valence-corrected chi connectivity index (χ4v) is 16.9. The van der Waals surface area contributed by atoms with Crippen LogP contribution in [0.15, 0.2) is 458 Å². The molecule has 21 rings (SSSR count). The Hall–Kier alpha value is -15.6. The highest BCUT2D eigenvalue weighted by atomic mass is 16.3. The van der Waals surface area contributed by atoms with Crippen molar-refractivity contribution in [1.82, 2.24) is 4.57 Å². The van der Waals surface area contributed by atoms with E-state index in [1.807, 2.05) is 24.3 Å². The van der Waals surface area contributed by atoms with Gasteiger partial charge in [-0.05, 0) is 241 Å². The summed E-state index contributed by atoms with van der Waals surface area (Å²) < 4.78 is 15.5. The molecule has 0 saturated heterocycles. The van der Waals surface area contributed by atoms with Crippen LogP contribution in [0.3, 0.4) is 0 Å². The lowest BCUT2D eigenvalue weighted by Crippen LogP contribution is -2.13. The van der Waals surface area contributed by atoms with Gasteiger partial charge in [-0.1, -0.05) is 231 Å². The van der Waals surface area contributed by atoms with Gasteiger partial charge in [0.05, 0.1) is 11.0 Å². The van der Waals surface area contributed by atoms with Crippen LogP contribution in [0.1, 0.15) is 0 Å². The first-order valence-electron chi connectivity index (χ1n) is 39.4. The molecule has 8 nitrogen and oxygen atoms in total. The Morgan fingerprint density at radius 2 is 0.371 bits per heavy atom. The van der Waals surface area contributed by atoms with E-state index >= 15 is 0 Å². The van der Waals surface area contributed by atoms with E-state index in [9.17, 15) is 0 Å². The lowest BCUT2D eigenvalue weighted by atomic mass is 10.0. The van der Waals surface area contributed by atoms with E-state index in [0.29, 0.717) is 0 Å². The minimum atomic E-state index is 0.878. The van der Waals surface area contributed by atoms with E-state index in [2.05, 4.69) is 454 Å². The highest BCUT2D eigenvalue weighted by Gasteiger charge is 2.24. The van der Waals surface area contributed by atoms with Crippen LogP contribution in [0.25, 0.3) is 105 Å². The molecule has 0 unspecified atom stereocenters. The van der Waals surface area contributed by atoms with Crippen molar-refractivity contribution < 1.29 is 8.83 Å². The fraction of sp³-hybridized carbons (Fsp3) is 0. The number of anilines is 15. The minimum absolute atomic E-state index is 0.878. The Morgan fingerprint density at radius 1 is 0.155 bits per heavy atom. The van der Waals surface area contributed by atoms with Crippen molar-refractivity contribution in [3.05, 3.63) is 449 Å². The third-order valence-electron chi connectivity index (χ3n) is 22.4. The average Bonchev–Trinajstić information content (AvgIpc) is 1.55. The van der Waals surface area contributed by atoms with Crippen LogP contribution in [-0.2, 0) is 0 Å². The van der Waals surface area contributed by atoms with Gasteiger partial charge < -0.3 is 37.9 Å². The van der Waals surface area contributed by atoms with Crippen molar-refractivity contribution in [2.24, 2.45) is 0 Å². The monoisotopic (exact) mass is 1490 g/mol. The maximum absolute atomic E-state index is 6.58. The summed E-state index contributed by atoms with van der Waals surface area (Å²) in [5, 5.41) is 6.90. The quantitative estimate of drug-likeness (QED) is 0.0799. The first-order chi connectivity index (χ1) is 57.5. The summed E-state index contributed by atoms with van der Waals surface area (Å²) in [5.74, 6) is 0. The van der Waals surface area contributed by atoms with Crippen LogP contribution < -0.4 is 24.5 Å². The van der Waals surface area contributed by atoms with Crippen LogP contribution in [0, 0.1) is 0 Å². The third-order valence-corrected chi connectivity index (χ3v) is 22.4. The molecule has 3 aromatic heterocycles. The van der Waals surface area contributed by atoms with Crippen LogP contribution in [-0.4, -0.2) is 4.57 Å². The number of nitrogens with zero attached hydrogens (tertiary/aromatic N) is 6. The van der Waals surface area contributed by atoms with E-state index in [1.54, 1.807) is 0 Å². The molecule has 8 heteroatoms. The average molecular weight is 1490 g/mol. The molecule has 0 atom stereocenters. The Morgan fingerprint density at radius 3 is 0.664 bits per heavy atom. The van der Waals surface area contributed by atoms with Gasteiger partial charge in [0.25, 0.3) is 0 Å². The molecule has 0 saturated carbocycles. The van der Waals surface area contributed by atoms with Gasteiger partial charge in [-0.25, -0.2) is 0 Å². The second-order valence-electron chi connectivity index (χ2n) is 29.2. The zero-order valence-corrected chi connectivity index (χ0v) is 63.2. The normalized spacial score (nSPS) is 11.4. The number of furan rings is 2. The van der Waals surface area contributed by atoms with E-state index in [-0.39, 0.29) is 0 Å². The maximum atomic E-state index is 6.58. The van der Waals surface area contributed by atoms with E-state index in [4.69, 9.17) is 8.83 Å². The number of fused-ring (bicyclic) bond motifs is 9. The highest BCUT2D eigenvalue weighted by molar-refractivity contribution is 6.12. The number of aromatic nitrogens is 1. The smallest absolute Gasteiger partial charge is 0.143 e. The zero-order valence-electron chi connectivity index (χ0n) is 63.2. The SMILES string of the molecule is c1ccc(N(c2ccccc2)c2ccc(N(c3ccccc3)c3ccc(N(c4ccc(-c5ccc(N(c6ccc(-c7cccc8c7oc7ccccc78)cc6)c6ccc(N(c7ccccc7)c7ccc(-n8c9ccccc9c9ccccc98)cc7)cc6)cc5)cc4)c4ccc(-c5cccc6c5oc5ccccc56)cc4)cc3)cc2)cc1. The summed E-state index contributed by atoms with van der Waals surface area (Å²) in [6.45, 7) is 0. The molecule has 0 aliphatic carbocycles. The molecule has 0 spiro atoms. The molecular formula is C108H74N6O2. The first-order valence-corrected chi connectivity index (χ1v) is 39.4. The standard InChI is InChI=1S/C108H74N6O2/c1-5-23-79(24-6-1)109(80-25-7-2-8-26-80)87-59-61-88(62-60-87)110(81-27-9-3-10-28-81)89-63-67-92(68-64-89)112(85-55-47-77(48-56-85)95-35-21-37-101-99-33-15-19-41-105(99)115-107(95)101)83-51-43-75(44-52-83)76-45-53-84(54-46-76)113(86-57-49-78(50-58-86)96-36-22-38-102-100-34-16-20-42-106(100)116-108(96)102)93-69-65-90(66-70-93)111(82-29-11-4-12-30-82)91-71-73-94(74-72-91)114-103-39-17-13-31-97(103)98-32-14-18-40-104(98)114/h1-74H. The zero-order chi connectivity index (χ0) is 76.8. The molecule has 116 heavy (non-hydrogen) atoms. The van der Waals surface area contributed by atoms with Crippen molar-refractivity contribution in [2.45, 2.75) is 0 Å². The number of rotatable bonds is 19. The van der Waals surface area contributed by atoms with Gasteiger partial charge >= 0.3 is 0 Å². The van der Waals surface area contributed by atoms with Gasteiger partial charge in [0.2, 0.25) is 0 Å². The number of para-hydroxylation sites is 10. The van der Waals surface area contributed by atoms with Gasteiger partial charge in [0, 0.05) is 134 Å². The van der Waals surface area contributed by atoms with Crippen molar-refractivity contribution in [3.8, 4) is 39.1 Å². The molecule has 0 radical (unpaired) electrons. The summed E-state index contributed by atoms with van der Waals surface area (Å²) in [6, 6.07) is 161. The van der Waals surface area contributed by atoms with Crippen LogP contribution >= 0.6 is 0 Å². The molecule has 3 heterocycles. The second kappa shape index (κ2) is 29.6. The van der Waals surface area contributed by atoms with Crippen molar-refractivity contribution in [2.75, 3.05) is 24.5 Å². The summed E-state index contributed by atoms with van der Waals surface area (Å²) in [5.41, 5.74) is 29.0. The van der Waals surface area contributed by atoms with Crippen molar-refractivity contribution >= 4 is 151 Å². The predicted molar refractivity (Wildman–Crippen MR) is 485 cm³/mol. The van der Waals surface area contributed by atoms with E-state index in [0.717, 1.165) is 168 Å². The molecule has 0 bridgehead atoms. The van der Waals surface area contributed by atoms with Crippen LogP contribution in [0.2, 0.25) is 0 Å². The lowest BCUT2D eigenvalue weighted by molar-refractivity contribution is 0.669. The molecule has 548 valence electrons. The van der Waals surface area contributed by atoms with E-state index in [1.165, 1.54) is 21.8 Å². The molecule has 0 aliphatic heterocycles. The summed E-state index contributed by atoms with van der Waals surface area (Å²) in [7, 11) is 0. The van der Waals surface area contributed by atoms with Crippen LogP contribution in [0.4, 0.5) is 85.3 Å². The van der Waals surface area contributed by atoms with Gasteiger partial charge in [0.15, 0.2) is 0 Å². The predicted octanol–water partition coefficient (Wildman–Crippen LogP) is 30.9. The Labute approximate surface area is 672 Å².